The van der Waals surface area contributed by atoms with Crippen LogP contribution in [0.5, 0.6) is 5.75 Å². The molecule has 0 amide bonds. The van der Waals surface area contributed by atoms with Crippen molar-refractivity contribution < 1.29 is 5.11 Å². The number of rotatable bonds is 7. The van der Waals surface area contributed by atoms with Gasteiger partial charge < -0.3 is 9.67 Å². The number of pyridine rings is 1. The van der Waals surface area contributed by atoms with Crippen LogP contribution in [0.15, 0.2) is 42.4 Å². The highest BCUT2D eigenvalue weighted by molar-refractivity contribution is 5.21. The van der Waals surface area contributed by atoms with Crippen molar-refractivity contribution in [3.05, 3.63) is 53.5 Å². The van der Waals surface area contributed by atoms with E-state index in [4.69, 9.17) is 0 Å². The largest absolute Gasteiger partial charge is 0.503 e. The van der Waals surface area contributed by atoms with Crippen molar-refractivity contribution in [2.24, 2.45) is 0 Å². The quantitative estimate of drug-likeness (QED) is 0.767. The monoisotopic (exact) mass is 262 g/mol. The van der Waals surface area contributed by atoms with E-state index in [0.29, 0.717) is 6.54 Å². The lowest BCUT2D eigenvalue weighted by atomic mass is 10.2. The maximum atomic E-state index is 11.6. The van der Waals surface area contributed by atoms with Gasteiger partial charge in [-0.15, -0.1) is 13.2 Å². The third-order valence-electron chi connectivity index (χ3n) is 2.86. The lowest BCUT2D eigenvalue weighted by Gasteiger charge is -2.23. The molecule has 0 aliphatic rings. The van der Waals surface area contributed by atoms with E-state index in [1.807, 2.05) is 30.6 Å². The smallest absolute Gasteiger partial charge is 0.223 e. The van der Waals surface area contributed by atoms with Gasteiger partial charge in [0.1, 0.15) is 0 Å². The summed E-state index contributed by atoms with van der Waals surface area (Å²) in [6.07, 6.45) is 5.14. The molecule has 1 aromatic rings. The maximum Gasteiger partial charge on any atom is 0.223 e. The van der Waals surface area contributed by atoms with Crippen LogP contribution in [-0.2, 0) is 6.54 Å². The summed E-state index contributed by atoms with van der Waals surface area (Å²) in [6, 6.07) is 1.67. The van der Waals surface area contributed by atoms with E-state index >= 15 is 0 Å². The number of hydrogen-bond donors (Lipinski definition) is 1. The van der Waals surface area contributed by atoms with Crippen LogP contribution in [0, 0.1) is 0 Å². The Labute approximate surface area is 114 Å². The lowest BCUT2D eigenvalue weighted by molar-refractivity contribution is 0.312. The lowest BCUT2D eigenvalue weighted by Crippen LogP contribution is -2.27. The third-order valence-corrected chi connectivity index (χ3v) is 2.86. The van der Waals surface area contributed by atoms with Gasteiger partial charge in [0.05, 0.1) is 6.20 Å². The van der Waals surface area contributed by atoms with Crippen molar-refractivity contribution in [3.63, 3.8) is 0 Å². The summed E-state index contributed by atoms with van der Waals surface area (Å²) < 4.78 is 1.91. The van der Waals surface area contributed by atoms with E-state index in [1.54, 1.807) is 0 Å². The van der Waals surface area contributed by atoms with E-state index in [-0.39, 0.29) is 17.2 Å². The first-order chi connectivity index (χ1) is 8.99. The molecular formula is C15H22N2O2. The van der Waals surface area contributed by atoms with E-state index < -0.39 is 0 Å². The Bertz CT molecular complexity index is 493. The van der Waals surface area contributed by atoms with E-state index in [0.717, 1.165) is 18.8 Å². The molecule has 0 aliphatic heterocycles. The molecule has 0 unspecified atom stereocenters. The zero-order chi connectivity index (χ0) is 14.4. The van der Waals surface area contributed by atoms with Crippen molar-refractivity contribution in [2.45, 2.75) is 26.4 Å². The molecule has 0 atom stereocenters. The highest BCUT2D eigenvalue weighted by Gasteiger charge is 2.11. The van der Waals surface area contributed by atoms with Crippen LogP contribution in [-0.4, -0.2) is 27.7 Å². The third kappa shape index (κ3) is 4.10. The minimum Gasteiger partial charge on any atom is -0.503 e. The predicted octanol–water partition coefficient (Wildman–Crippen LogP) is 2.31. The molecule has 0 spiro atoms. The minimum atomic E-state index is -0.343. The average Bonchev–Trinajstić information content (AvgIpc) is 2.33. The van der Waals surface area contributed by atoms with Crippen LogP contribution < -0.4 is 5.43 Å². The second-order valence-electron chi connectivity index (χ2n) is 4.79. The molecule has 0 saturated heterocycles. The van der Waals surface area contributed by atoms with Gasteiger partial charge in [-0.25, -0.2) is 0 Å². The highest BCUT2D eigenvalue weighted by Crippen LogP contribution is 2.14. The molecule has 1 N–H and O–H groups in total. The zero-order valence-corrected chi connectivity index (χ0v) is 11.7. The summed E-state index contributed by atoms with van der Waals surface area (Å²) in [5.41, 5.74) is 0.533. The van der Waals surface area contributed by atoms with Crippen LogP contribution >= 0.6 is 0 Å². The van der Waals surface area contributed by atoms with Gasteiger partial charge in [-0.3, -0.25) is 9.69 Å². The van der Waals surface area contributed by atoms with E-state index in [1.165, 1.54) is 12.3 Å². The summed E-state index contributed by atoms with van der Waals surface area (Å²) in [5.74, 6) is -0.212. The van der Waals surface area contributed by atoms with Crippen molar-refractivity contribution >= 4 is 0 Å². The van der Waals surface area contributed by atoms with E-state index in [9.17, 15) is 9.90 Å². The second-order valence-corrected chi connectivity index (χ2v) is 4.79. The summed E-state index contributed by atoms with van der Waals surface area (Å²) in [6.45, 7) is 13.5. The normalized spacial score (nSPS) is 10.9. The van der Waals surface area contributed by atoms with Gasteiger partial charge in [0.2, 0.25) is 5.43 Å². The number of aromatic hydroxyl groups is 1. The number of nitrogens with zero attached hydrogens (tertiary/aromatic N) is 2. The van der Waals surface area contributed by atoms with Crippen molar-refractivity contribution in [2.75, 3.05) is 13.1 Å². The second kappa shape index (κ2) is 6.95. The van der Waals surface area contributed by atoms with Crippen LogP contribution in [0.1, 0.15) is 25.6 Å². The van der Waals surface area contributed by atoms with Gasteiger partial charge >= 0.3 is 0 Å². The molecule has 104 valence electrons. The van der Waals surface area contributed by atoms with Gasteiger partial charge in [0.15, 0.2) is 5.75 Å². The fraction of sp³-hybridized carbons (Fsp3) is 0.400. The molecule has 0 aromatic carbocycles. The van der Waals surface area contributed by atoms with Crippen molar-refractivity contribution in [1.29, 1.82) is 0 Å². The Morgan fingerprint density at radius 2 is 1.95 bits per heavy atom. The van der Waals surface area contributed by atoms with Crippen LogP contribution in [0.3, 0.4) is 0 Å². The Morgan fingerprint density at radius 3 is 2.42 bits per heavy atom. The van der Waals surface area contributed by atoms with Crippen LogP contribution in [0.4, 0.5) is 0 Å². The van der Waals surface area contributed by atoms with Crippen molar-refractivity contribution in [1.82, 2.24) is 9.47 Å². The fourth-order valence-electron chi connectivity index (χ4n) is 1.98. The van der Waals surface area contributed by atoms with Gasteiger partial charge in [-0.1, -0.05) is 12.2 Å². The molecule has 0 saturated carbocycles. The summed E-state index contributed by atoms with van der Waals surface area (Å²) in [4.78, 5) is 13.7. The zero-order valence-electron chi connectivity index (χ0n) is 11.7. The van der Waals surface area contributed by atoms with Gasteiger partial charge in [-0.05, 0) is 13.8 Å². The minimum absolute atomic E-state index is 0.177. The molecular weight excluding hydrogens is 240 g/mol. The molecule has 19 heavy (non-hydrogen) atoms. The van der Waals surface area contributed by atoms with Gasteiger partial charge in [0.25, 0.3) is 0 Å². The molecule has 1 heterocycles. The first kappa shape index (κ1) is 15.2. The van der Waals surface area contributed by atoms with Crippen molar-refractivity contribution in [3.8, 4) is 5.75 Å². The Morgan fingerprint density at radius 1 is 1.37 bits per heavy atom. The maximum absolute atomic E-state index is 11.6. The summed E-state index contributed by atoms with van der Waals surface area (Å²) >= 11 is 0. The summed E-state index contributed by atoms with van der Waals surface area (Å²) in [7, 11) is 0. The standard InChI is InChI=1S/C15H22N2O2/c1-5-7-16(8-6-2)10-13-9-14(18)15(19)11-17(13)12(3)4/h5-6,9,11-12,19H,1-2,7-8,10H2,3-4H3. The van der Waals surface area contributed by atoms with Crippen LogP contribution in [0.25, 0.3) is 0 Å². The average molecular weight is 262 g/mol. The molecule has 0 bridgehead atoms. The Hall–Kier alpha value is -1.81. The molecule has 0 radical (unpaired) electrons. The van der Waals surface area contributed by atoms with Gasteiger partial charge in [0, 0.05) is 37.4 Å². The first-order valence-corrected chi connectivity index (χ1v) is 6.37. The van der Waals surface area contributed by atoms with E-state index in [2.05, 4.69) is 18.1 Å². The topological polar surface area (TPSA) is 45.5 Å². The first-order valence-electron chi connectivity index (χ1n) is 6.37. The molecule has 0 aliphatic carbocycles. The molecule has 4 nitrogen and oxygen atoms in total. The number of aromatic nitrogens is 1. The number of hydrogen-bond acceptors (Lipinski definition) is 3. The Balaban J connectivity index is 3.09. The molecule has 0 fully saturated rings. The molecule has 4 heteroatoms. The fourth-order valence-corrected chi connectivity index (χ4v) is 1.98. The SMILES string of the molecule is C=CCN(CC=C)Cc1cc(=O)c(O)cn1C(C)C. The summed E-state index contributed by atoms with van der Waals surface area (Å²) in [5, 5.41) is 9.54. The van der Waals surface area contributed by atoms with Gasteiger partial charge in [-0.2, -0.15) is 0 Å². The molecule has 1 aromatic heterocycles. The predicted molar refractivity (Wildman–Crippen MR) is 78.4 cm³/mol. The molecule has 1 rings (SSSR count). The highest BCUT2D eigenvalue weighted by atomic mass is 16.3. The van der Waals surface area contributed by atoms with Crippen LogP contribution in [0.2, 0.25) is 0 Å². The Kier molecular flexibility index (Phi) is 5.57.